The molecule has 2 aromatic carbocycles. The van der Waals surface area contributed by atoms with Crippen molar-refractivity contribution in [3.63, 3.8) is 0 Å². The van der Waals surface area contributed by atoms with E-state index in [2.05, 4.69) is 5.32 Å². The third-order valence-electron chi connectivity index (χ3n) is 6.68. The summed E-state index contributed by atoms with van der Waals surface area (Å²) in [6, 6.07) is 11.2. The van der Waals surface area contributed by atoms with Gasteiger partial charge in [-0.1, -0.05) is 19.3 Å². The van der Waals surface area contributed by atoms with Gasteiger partial charge in [-0.15, -0.1) is 0 Å². The lowest BCUT2D eigenvalue weighted by molar-refractivity contribution is -0.117. The first kappa shape index (κ1) is 24.2. The second-order valence-corrected chi connectivity index (χ2v) is 10.8. The van der Waals surface area contributed by atoms with Gasteiger partial charge in [-0.3, -0.25) is 9.59 Å². The zero-order valence-electron chi connectivity index (χ0n) is 19.6. The van der Waals surface area contributed by atoms with Gasteiger partial charge < -0.3 is 15.0 Å². The minimum Gasteiger partial charge on any atom is -0.495 e. The van der Waals surface area contributed by atoms with E-state index in [1.165, 1.54) is 28.6 Å². The topological polar surface area (TPSA) is 96.0 Å². The molecule has 4 rings (SSSR count). The van der Waals surface area contributed by atoms with Crippen molar-refractivity contribution >= 4 is 33.2 Å². The molecule has 1 aliphatic carbocycles. The van der Waals surface area contributed by atoms with Gasteiger partial charge in [0, 0.05) is 37.3 Å². The van der Waals surface area contributed by atoms with Crippen LogP contribution in [0.15, 0.2) is 47.4 Å². The van der Waals surface area contributed by atoms with E-state index in [1.807, 2.05) is 0 Å². The van der Waals surface area contributed by atoms with Gasteiger partial charge in [-0.05, 0) is 61.7 Å². The molecular weight excluding hydrogens is 454 g/mol. The first-order chi connectivity index (χ1) is 16.3. The molecule has 1 saturated heterocycles. The number of methoxy groups -OCH3 is 1. The van der Waals surface area contributed by atoms with Crippen LogP contribution in [0.4, 0.5) is 11.4 Å². The Hall–Kier alpha value is -2.91. The number of benzene rings is 2. The number of nitrogens with one attached hydrogen (secondary N) is 1. The Balaban J connectivity index is 1.48. The molecule has 182 valence electrons. The predicted molar refractivity (Wildman–Crippen MR) is 131 cm³/mol. The maximum absolute atomic E-state index is 13.0. The molecular formula is C25H31N3O5S. The van der Waals surface area contributed by atoms with Crippen LogP contribution in [0.2, 0.25) is 0 Å². The zero-order valence-corrected chi connectivity index (χ0v) is 20.4. The lowest BCUT2D eigenvalue weighted by Gasteiger charge is -2.30. The van der Waals surface area contributed by atoms with E-state index >= 15 is 0 Å². The van der Waals surface area contributed by atoms with Crippen molar-refractivity contribution in [2.75, 3.05) is 30.9 Å². The maximum atomic E-state index is 13.0. The van der Waals surface area contributed by atoms with Gasteiger partial charge in [-0.2, -0.15) is 4.31 Å². The number of rotatable bonds is 7. The molecule has 2 fully saturated rings. The quantitative estimate of drug-likeness (QED) is 0.639. The van der Waals surface area contributed by atoms with E-state index in [0.717, 1.165) is 38.5 Å². The first-order valence-corrected chi connectivity index (χ1v) is 13.1. The minimum atomic E-state index is -3.62. The van der Waals surface area contributed by atoms with Gasteiger partial charge in [0.05, 0.1) is 17.7 Å². The lowest BCUT2D eigenvalue weighted by Crippen LogP contribution is -2.38. The monoisotopic (exact) mass is 485 g/mol. The van der Waals surface area contributed by atoms with Gasteiger partial charge in [0.15, 0.2) is 0 Å². The molecule has 0 bridgehead atoms. The predicted octanol–water partition coefficient (Wildman–Crippen LogP) is 4.03. The van der Waals surface area contributed by atoms with Crippen molar-refractivity contribution in [1.82, 2.24) is 4.31 Å². The summed E-state index contributed by atoms with van der Waals surface area (Å²) in [4.78, 5) is 26.9. The Labute approximate surface area is 200 Å². The Morgan fingerprint density at radius 1 is 1.06 bits per heavy atom. The number of anilines is 2. The summed E-state index contributed by atoms with van der Waals surface area (Å²) in [7, 11) is -0.440. The Kier molecular flexibility index (Phi) is 7.23. The van der Waals surface area contributed by atoms with Gasteiger partial charge in [0.2, 0.25) is 15.9 Å². The van der Waals surface area contributed by atoms with Crippen LogP contribution in [-0.2, 0) is 14.8 Å². The highest BCUT2D eigenvalue weighted by molar-refractivity contribution is 7.89. The highest BCUT2D eigenvalue weighted by Gasteiger charge is 2.29. The number of nitrogens with zero attached hydrogens (tertiary/aromatic N) is 2. The van der Waals surface area contributed by atoms with Crippen LogP contribution in [0.5, 0.6) is 5.75 Å². The third-order valence-corrected chi connectivity index (χ3v) is 8.61. The van der Waals surface area contributed by atoms with Crippen molar-refractivity contribution in [1.29, 1.82) is 0 Å². The third kappa shape index (κ3) is 4.95. The van der Waals surface area contributed by atoms with Gasteiger partial charge >= 0.3 is 0 Å². The summed E-state index contributed by atoms with van der Waals surface area (Å²) in [6.07, 6.45) is 6.27. The molecule has 0 unspecified atom stereocenters. The van der Waals surface area contributed by atoms with E-state index < -0.39 is 10.0 Å². The van der Waals surface area contributed by atoms with Crippen molar-refractivity contribution in [3.8, 4) is 5.75 Å². The number of hydrogen-bond donors (Lipinski definition) is 1. The molecule has 8 nitrogen and oxygen atoms in total. The molecule has 0 radical (unpaired) electrons. The first-order valence-electron chi connectivity index (χ1n) is 11.7. The van der Waals surface area contributed by atoms with Crippen LogP contribution in [0.1, 0.15) is 55.3 Å². The minimum absolute atomic E-state index is 0.0217. The van der Waals surface area contributed by atoms with Gasteiger partial charge in [0.25, 0.3) is 5.91 Å². The van der Waals surface area contributed by atoms with Crippen LogP contribution in [-0.4, -0.2) is 51.3 Å². The molecule has 2 aliphatic rings. The fraction of sp³-hybridized carbons (Fsp3) is 0.440. The summed E-state index contributed by atoms with van der Waals surface area (Å²) in [6.45, 7) is 0.609. The molecule has 0 atom stereocenters. The van der Waals surface area contributed by atoms with Gasteiger partial charge in [-0.25, -0.2) is 8.42 Å². The molecule has 1 saturated carbocycles. The van der Waals surface area contributed by atoms with E-state index in [4.69, 9.17) is 4.74 Å². The van der Waals surface area contributed by atoms with Crippen LogP contribution in [0.3, 0.4) is 0 Å². The fourth-order valence-corrected chi connectivity index (χ4v) is 6.09. The van der Waals surface area contributed by atoms with E-state index in [9.17, 15) is 18.0 Å². The second-order valence-electron chi connectivity index (χ2n) is 8.83. The number of amides is 2. The van der Waals surface area contributed by atoms with Crippen molar-refractivity contribution < 1.29 is 22.7 Å². The zero-order chi connectivity index (χ0) is 24.3. The summed E-state index contributed by atoms with van der Waals surface area (Å²) >= 11 is 0. The Morgan fingerprint density at radius 2 is 1.76 bits per heavy atom. The number of sulfonamides is 1. The fourth-order valence-electron chi connectivity index (χ4n) is 4.67. The molecule has 0 spiro atoms. The molecule has 1 N–H and O–H groups in total. The highest BCUT2D eigenvalue weighted by Crippen LogP contribution is 2.34. The van der Waals surface area contributed by atoms with Crippen LogP contribution >= 0.6 is 0 Å². The van der Waals surface area contributed by atoms with Gasteiger partial charge in [0.1, 0.15) is 5.75 Å². The summed E-state index contributed by atoms with van der Waals surface area (Å²) in [5, 5.41) is 2.83. The van der Waals surface area contributed by atoms with Crippen LogP contribution < -0.4 is 15.0 Å². The van der Waals surface area contributed by atoms with Crippen molar-refractivity contribution in [2.24, 2.45) is 0 Å². The van der Waals surface area contributed by atoms with Crippen molar-refractivity contribution in [2.45, 2.75) is 55.9 Å². The standard InChI is InChI=1S/C25H31N3O5S/c1-27(20-7-4-3-5-8-20)34(31,32)21-13-10-18(11-14-21)25(30)26-19-12-15-23(33-2)22(17-19)28-16-6-9-24(28)29/h10-15,17,20H,3-9,16H2,1-2H3,(H,26,30). The molecule has 9 heteroatoms. The summed E-state index contributed by atoms with van der Waals surface area (Å²) in [5.74, 6) is 0.218. The highest BCUT2D eigenvalue weighted by atomic mass is 32.2. The largest absolute Gasteiger partial charge is 0.495 e. The van der Waals surface area contributed by atoms with E-state index in [-0.39, 0.29) is 22.8 Å². The smallest absolute Gasteiger partial charge is 0.255 e. The molecule has 2 amide bonds. The Morgan fingerprint density at radius 3 is 2.38 bits per heavy atom. The van der Waals surface area contributed by atoms with Crippen LogP contribution in [0, 0.1) is 0 Å². The average Bonchev–Trinajstić information content (AvgIpc) is 3.29. The molecule has 1 heterocycles. The number of carbonyl (C=O) groups excluding carboxylic acids is 2. The van der Waals surface area contributed by atoms with E-state index in [1.54, 1.807) is 37.3 Å². The number of hydrogen-bond acceptors (Lipinski definition) is 5. The molecule has 2 aromatic rings. The number of carbonyl (C=O) groups is 2. The van der Waals surface area contributed by atoms with Crippen LogP contribution in [0.25, 0.3) is 0 Å². The SMILES string of the molecule is COc1ccc(NC(=O)c2ccc(S(=O)(=O)N(C)C3CCCCC3)cc2)cc1N1CCCC1=O. The Bertz CT molecular complexity index is 1160. The average molecular weight is 486 g/mol. The summed E-state index contributed by atoms with van der Waals surface area (Å²) < 4.78 is 32.9. The second kappa shape index (κ2) is 10.1. The maximum Gasteiger partial charge on any atom is 0.255 e. The van der Waals surface area contributed by atoms with Crippen molar-refractivity contribution in [3.05, 3.63) is 48.0 Å². The number of ether oxygens (including phenoxy) is 1. The van der Waals surface area contributed by atoms with E-state index in [0.29, 0.717) is 35.7 Å². The summed E-state index contributed by atoms with van der Waals surface area (Å²) in [5.41, 5.74) is 1.48. The molecule has 0 aromatic heterocycles. The normalized spacial score (nSPS) is 17.3. The molecule has 1 aliphatic heterocycles. The lowest BCUT2D eigenvalue weighted by atomic mass is 9.96. The molecule has 34 heavy (non-hydrogen) atoms.